The summed E-state index contributed by atoms with van der Waals surface area (Å²) in [5.74, 6) is -0.991. The van der Waals surface area contributed by atoms with Gasteiger partial charge in [0.25, 0.3) is 15.7 Å². The van der Waals surface area contributed by atoms with Crippen LogP contribution >= 0.6 is 15.9 Å². The van der Waals surface area contributed by atoms with Crippen LogP contribution in [0.15, 0.2) is 88.2 Å². The normalized spacial score (nSPS) is 12.7. The van der Waals surface area contributed by atoms with Crippen LogP contribution in [0, 0.1) is 10.1 Å². The van der Waals surface area contributed by atoms with Crippen LogP contribution in [0.25, 0.3) is 0 Å². The molecule has 3 rings (SSSR count). The topological polar surface area (TPSA) is 130 Å². The third kappa shape index (κ3) is 7.66. The lowest BCUT2D eigenvalue weighted by molar-refractivity contribution is -0.384. The summed E-state index contributed by atoms with van der Waals surface area (Å²) in [7, 11) is -4.26. The minimum absolute atomic E-state index is 0.0485. The molecule has 0 heterocycles. The van der Waals surface area contributed by atoms with Crippen LogP contribution in [0.5, 0.6) is 0 Å². The number of sulfonamides is 1. The van der Waals surface area contributed by atoms with E-state index in [2.05, 4.69) is 21.2 Å². The Hall–Kier alpha value is -3.77. The molecule has 1 N–H and O–H groups in total. The summed E-state index contributed by atoms with van der Waals surface area (Å²) in [6.45, 7) is 4.79. The number of carbonyl (C=O) groups is 2. The summed E-state index contributed by atoms with van der Waals surface area (Å²) in [6.07, 6.45) is 0.696. The molecule has 0 spiro atoms. The zero-order chi connectivity index (χ0) is 29.4. The second-order valence-electron chi connectivity index (χ2n) is 9.24. The lowest BCUT2D eigenvalue weighted by Gasteiger charge is -2.32. The van der Waals surface area contributed by atoms with Crippen molar-refractivity contribution in [3.63, 3.8) is 0 Å². The molecule has 0 unspecified atom stereocenters. The first kappa shape index (κ1) is 30.8. The maximum absolute atomic E-state index is 13.9. The van der Waals surface area contributed by atoms with Crippen LogP contribution in [0.3, 0.4) is 0 Å². The molecule has 3 aromatic carbocycles. The van der Waals surface area contributed by atoms with Crippen molar-refractivity contribution >= 4 is 49.1 Å². The molecule has 0 fully saturated rings. The Morgan fingerprint density at radius 1 is 1.00 bits per heavy atom. The number of nitro benzene ring substituents is 1. The largest absolute Gasteiger partial charge is 0.352 e. The molecule has 2 atom stereocenters. The van der Waals surface area contributed by atoms with Crippen molar-refractivity contribution in [2.24, 2.45) is 0 Å². The van der Waals surface area contributed by atoms with Gasteiger partial charge in [-0.1, -0.05) is 53.2 Å². The third-order valence-electron chi connectivity index (χ3n) is 6.37. The number of nitrogens with zero attached hydrogens (tertiary/aromatic N) is 3. The molecule has 0 radical (unpaired) electrons. The molecule has 3 aromatic rings. The highest BCUT2D eigenvalue weighted by atomic mass is 79.9. The predicted octanol–water partition coefficient (Wildman–Crippen LogP) is 4.88. The van der Waals surface area contributed by atoms with E-state index >= 15 is 0 Å². The quantitative estimate of drug-likeness (QED) is 0.224. The van der Waals surface area contributed by atoms with E-state index in [4.69, 9.17) is 0 Å². The van der Waals surface area contributed by atoms with E-state index in [1.165, 1.54) is 41.3 Å². The predicted molar refractivity (Wildman–Crippen MR) is 156 cm³/mol. The van der Waals surface area contributed by atoms with E-state index in [1.807, 2.05) is 26.0 Å². The fourth-order valence-corrected chi connectivity index (χ4v) is 5.75. The summed E-state index contributed by atoms with van der Waals surface area (Å²) in [4.78, 5) is 38.8. The summed E-state index contributed by atoms with van der Waals surface area (Å²) in [6, 6.07) is 18.7. The summed E-state index contributed by atoms with van der Waals surface area (Å²) >= 11 is 3.42. The molecule has 12 heteroatoms. The molecule has 0 saturated heterocycles. The molecule has 0 bridgehead atoms. The van der Waals surface area contributed by atoms with Gasteiger partial charge in [-0.2, -0.15) is 0 Å². The number of non-ortho nitro benzene ring substituents is 1. The van der Waals surface area contributed by atoms with Crippen molar-refractivity contribution in [3.8, 4) is 0 Å². The summed E-state index contributed by atoms with van der Waals surface area (Å²) in [5.41, 5.74) is 0.583. The number of nitrogens with one attached hydrogen (secondary N) is 1. The fraction of sp³-hybridized carbons (Fsp3) is 0.286. The van der Waals surface area contributed by atoms with E-state index in [-0.39, 0.29) is 34.8 Å². The Morgan fingerprint density at radius 2 is 1.65 bits per heavy atom. The van der Waals surface area contributed by atoms with Gasteiger partial charge in [0.15, 0.2) is 0 Å². The minimum atomic E-state index is -4.26. The SMILES string of the molecule is CC[C@@H](C)NC(=O)[C@H](C)N(Cc1cccc(Br)c1)C(=O)CN(c1ccc([N+](=O)[O-])cc1)S(=O)(=O)c1ccccc1. The third-order valence-corrected chi connectivity index (χ3v) is 8.65. The first-order valence-corrected chi connectivity index (χ1v) is 14.8. The van der Waals surface area contributed by atoms with Gasteiger partial charge in [0.1, 0.15) is 12.6 Å². The number of rotatable bonds is 12. The molecular formula is C28H31BrN4O6S. The Morgan fingerprint density at radius 3 is 2.23 bits per heavy atom. The Labute approximate surface area is 242 Å². The van der Waals surface area contributed by atoms with Crippen LogP contribution in [0.1, 0.15) is 32.8 Å². The maximum atomic E-state index is 13.9. The monoisotopic (exact) mass is 630 g/mol. The number of halogens is 1. The molecule has 212 valence electrons. The number of carbonyl (C=O) groups excluding carboxylic acids is 2. The first-order valence-electron chi connectivity index (χ1n) is 12.6. The highest BCUT2D eigenvalue weighted by Gasteiger charge is 2.33. The smallest absolute Gasteiger partial charge is 0.269 e. The van der Waals surface area contributed by atoms with Gasteiger partial charge in [0.2, 0.25) is 11.8 Å². The van der Waals surface area contributed by atoms with Crippen molar-refractivity contribution in [2.75, 3.05) is 10.8 Å². The molecule has 2 amide bonds. The Kier molecular flexibility index (Phi) is 10.4. The molecular weight excluding hydrogens is 600 g/mol. The van der Waals surface area contributed by atoms with Crippen molar-refractivity contribution in [2.45, 2.75) is 50.7 Å². The highest BCUT2D eigenvalue weighted by Crippen LogP contribution is 2.26. The molecule has 0 aliphatic carbocycles. The molecule has 0 aliphatic heterocycles. The lowest BCUT2D eigenvalue weighted by Crippen LogP contribution is -2.52. The van der Waals surface area contributed by atoms with Gasteiger partial charge < -0.3 is 10.2 Å². The van der Waals surface area contributed by atoms with Crippen molar-refractivity contribution in [1.82, 2.24) is 10.2 Å². The summed E-state index contributed by atoms with van der Waals surface area (Å²) < 4.78 is 29.2. The number of nitro groups is 1. The van der Waals surface area contributed by atoms with Crippen LogP contribution in [-0.2, 0) is 26.2 Å². The minimum Gasteiger partial charge on any atom is -0.352 e. The average Bonchev–Trinajstić information content (AvgIpc) is 2.94. The standard InChI is InChI=1S/C28H31BrN4O6S/c1-4-20(2)30-28(35)21(3)31(18-22-9-8-10-23(29)17-22)27(34)19-32(24-13-15-25(16-14-24)33(36)37)40(38,39)26-11-6-5-7-12-26/h5-17,20-21H,4,18-19H2,1-3H3,(H,30,35)/t20-,21+/m1/s1. The maximum Gasteiger partial charge on any atom is 0.269 e. The second kappa shape index (κ2) is 13.5. The molecule has 0 saturated carbocycles. The van der Waals surface area contributed by atoms with Crippen LogP contribution < -0.4 is 9.62 Å². The number of hydrogen-bond donors (Lipinski definition) is 1. The van der Waals surface area contributed by atoms with Gasteiger partial charge >= 0.3 is 0 Å². The number of benzene rings is 3. The van der Waals surface area contributed by atoms with Crippen LogP contribution in [-0.4, -0.2) is 48.7 Å². The van der Waals surface area contributed by atoms with E-state index in [0.717, 1.165) is 14.3 Å². The molecule has 40 heavy (non-hydrogen) atoms. The Bertz CT molecular complexity index is 1450. The number of anilines is 1. The highest BCUT2D eigenvalue weighted by molar-refractivity contribution is 9.10. The molecule has 0 aliphatic rings. The molecule has 0 aromatic heterocycles. The van der Waals surface area contributed by atoms with Gasteiger partial charge in [-0.3, -0.25) is 24.0 Å². The van der Waals surface area contributed by atoms with Gasteiger partial charge in [-0.05, 0) is 62.2 Å². The number of hydrogen-bond acceptors (Lipinski definition) is 6. The van der Waals surface area contributed by atoms with Crippen molar-refractivity contribution < 1.29 is 22.9 Å². The van der Waals surface area contributed by atoms with E-state index in [0.29, 0.717) is 6.42 Å². The summed E-state index contributed by atoms with van der Waals surface area (Å²) in [5, 5.41) is 14.1. The fourth-order valence-electron chi connectivity index (χ4n) is 3.87. The Balaban J connectivity index is 2.03. The van der Waals surface area contributed by atoms with E-state index < -0.39 is 33.4 Å². The van der Waals surface area contributed by atoms with E-state index in [1.54, 1.807) is 37.3 Å². The van der Waals surface area contributed by atoms with Crippen molar-refractivity contribution in [1.29, 1.82) is 0 Å². The van der Waals surface area contributed by atoms with Crippen molar-refractivity contribution in [3.05, 3.63) is 99.0 Å². The zero-order valence-corrected chi connectivity index (χ0v) is 24.8. The van der Waals surface area contributed by atoms with Gasteiger partial charge in [-0.15, -0.1) is 0 Å². The van der Waals surface area contributed by atoms with E-state index in [9.17, 15) is 28.1 Å². The van der Waals surface area contributed by atoms with Crippen LogP contribution in [0.2, 0.25) is 0 Å². The second-order valence-corrected chi connectivity index (χ2v) is 12.0. The molecule has 10 nitrogen and oxygen atoms in total. The first-order chi connectivity index (χ1) is 18.9. The zero-order valence-electron chi connectivity index (χ0n) is 22.4. The van der Waals surface area contributed by atoms with Gasteiger partial charge in [0, 0.05) is 29.2 Å². The lowest BCUT2D eigenvalue weighted by atomic mass is 10.1. The van der Waals surface area contributed by atoms with Gasteiger partial charge in [-0.25, -0.2) is 8.42 Å². The average molecular weight is 632 g/mol. The number of amides is 2. The van der Waals surface area contributed by atoms with Gasteiger partial charge in [0.05, 0.1) is 15.5 Å². The van der Waals surface area contributed by atoms with Crippen LogP contribution in [0.4, 0.5) is 11.4 Å².